The average Bonchev–Trinajstić information content (AvgIpc) is 2.41. The molecule has 0 amide bonds. The van der Waals surface area contributed by atoms with Gasteiger partial charge in [0.1, 0.15) is 11.4 Å². The Bertz CT molecular complexity index is 569. The van der Waals surface area contributed by atoms with Crippen LogP contribution >= 0.6 is 27.7 Å². The van der Waals surface area contributed by atoms with Gasteiger partial charge in [-0.2, -0.15) is 0 Å². The van der Waals surface area contributed by atoms with Crippen LogP contribution in [0.25, 0.3) is 0 Å². The van der Waals surface area contributed by atoms with Gasteiger partial charge in [-0.15, -0.1) is 0 Å². The molecule has 3 atom stereocenters. The van der Waals surface area contributed by atoms with Gasteiger partial charge in [0.2, 0.25) is 0 Å². The molecule has 0 bridgehead atoms. The lowest BCUT2D eigenvalue weighted by atomic mass is 9.74. The van der Waals surface area contributed by atoms with E-state index in [1.165, 1.54) is 6.07 Å². The SMILES string of the molecule is C.C[C@H]1SC(N)=N[C@@]2(c3cc(Br)ccc3F)COCC[C@@H]12. The third kappa shape index (κ3) is 2.85. The van der Waals surface area contributed by atoms with Gasteiger partial charge in [0.15, 0.2) is 5.17 Å². The molecule has 1 aromatic carbocycles. The van der Waals surface area contributed by atoms with Crippen LogP contribution in [0.1, 0.15) is 26.3 Å². The van der Waals surface area contributed by atoms with Crippen LogP contribution in [0.2, 0.25) is 0 Å². The number of fused-ring (bicyclic) bond motifs is 1. The largest absolute Gasteiger partial charge is 0.379 e. The molecule has 1 fully saturated rings. The molecule has 0 aromatic heterocycles. The van der Waals surface area contributed by atoms with E-state index in [1.807, 2.05) is 0 Å². The Labute approximate surface area is 137 Å². The molecule has 0 saturated carbocycles. The zero-order chi connectivity index (χ0) is 14.3. The van der Waals surface area contributed by atoms with Gasteiger partial charge in [-0.25, -0.2) is 9.38 Å². The zero-order valence-corrected chi connectivity index (χ0v) is 13.5. The molecule has 1 saturated heterocycles. The number of nitrogens with zero attached hydrogens (tertiary/aromatic N) is 1. The van der Waals surface area contributed by atoms with Crippen LogP contribution in [0, 0.1) is 11.7 Å². The lowest BCUT2D eigenvalue weighted by Gasteiger charge is -2.46. The Morgan fingerprint density at radius 3 is 3.05 bits per heavy atom. The van der Waals surface area contributed by atoms with Gasteiger partial charge in [-0.05, 0) is 24.6 Å². The van der Waals surface area contributed by atoms with E-state index in [0.717, 1.165) is 10.9 Å². The molecule has 0 aliphatic carbocycles. The molecule has 3 nitrogen and oxygen atoms in total. The molecule has 1 aromatic rings. The summed E-state index contributed by atoms with van der Waals surface area (Å²) < 4.78 is 20.9. The minimum atomic E-state index is -0.694. The molecule has 0 spiro atoms. The Balaban J connectivity index is 0.00000161. The van der Waals surface area contributed by atoms with Gasteiger partial charge in [-0.3, -0.25) is 0 Å². The third-order valence-electron chi connectivity index (χ3n) is 4.09. The number of benzene rings is 1. The first-order valence-electron chi connectivity index (χ1n) is 6.58. The van der Waals surface area contributed by atoms with E-state index < -0.39 is 5.54 Å². The Morgan fingerprint density at radius 1 is 1.52 bits per heavy atom. The number of amidine groups is 1. The molecule has 116 valence electrons. The summed E-state index contributed by atoms with van der Waals surface area (Å²) in [6.07, 6.45) is 0.872. The number of hydrogen-bond donors (Lipinski definition) is 1. The maximum Gasteiger partial charge on any atom is 0.155 e. The van der Waals surface area contributed by atoms with Gasteiger partial charge < -0.3 is 10.5 Å². The van der Waals surface area contributed by atoms with Crippen LogP contribution in [0.15, 0.2) is 27.7 Å². The Morgan fingerprint density at radius 2 is 2.29 bits per heavy atom. The molecule has 2 N–H and O–H groups in total. The summed E-state index contributed by atoms with van der Waals surface area (Å²) in [5, 5.41) is 0.813. The van der Waals surface area contributed by atoms with Crippen LogP contribution in [-0.2, 0) is 10.3 Å². The molecule has 2 aliphatic heterocycles. The van der Waals surface area contributed by atoms with Crippen LogP contribution < -0.4 is 5.73 Å². The fourth-order valence-electron chi connectivity index (χ4n) is 3.18. The average molecular weight is 375 g/mol. The van der Waals surface area contributed by atoms with Crippen molar-refractivity contribution in [3.05, 3.63) is 34.1 Å². The van der Waals surface area contributed by atoms with Crippen LogP contribution in [-0.4, -0.2) is 23.6 Å². The standard InChI is InChI=1S/C14H16BrFN2OS.CH4/c1-8-10-4-5-19-7-14(10,18-13(17)20-8)11-6-9(15)2-3-12(11)16;/h2-3,6,8,10H,4-5,7H2,1H3,(H2,17,18);1H4/t8-,10+,14+;/m1./s1. The van der Waals surface area contributed by atoms with Gasteiger partial charge in [0.25, 0.3) is 0 Å². The van der Waals surface area contributed by atoms with Crippen molar-refractivity contribution in [2.75, 3.05) is 13.2 Å². The minimum Gasteiger partial charge on any atom is -0.379 e. The molecule has 0 radical (unpaired) electrons. The molecular formula is C15H20BrFN2OS. The summed E-state index contributed by atoms with van der Waals surface area (Å²) >= 11 is 4.98. The lowest BCUT2D eigenvalue weighted by molar-refractivity contribution is -0.00423. The fraction of sp³-hybridized carbons (Fsp3) is 0.533. The third-order valence-corrected chi connectivity index (χ3v) is 5.61. The first-order valence-corrected chi connectivity index (χ1v) is 8.25. The topological polar surface area (TPSA) is 47.6 Å². The van der Waals surface area contributed by atoms with Crippen molar-refractivity contribution in [2.24, 2.45) is 16.6 Å². The van der Waals surface area contributed by atoms with Crippen molar-refractivity contribution in [1.82, 2.24) is 0 Å². The molecule has 3 rings (SSSR count). The molecule has 0 unspecified atom stereocenters. The highest BCUT2D eigenvalue weighted by molar-refractivity contribution is 9.10. The van der Waals surface area contributed by atoms with Gasteiger partial charge in [-0.1, -0.05) is 42.0 Å². The van der Waals surface area contributed by atoms with E-state index in [1.54, 1.807) is 23.9 Å². The molecular weight excluding hydrogens is 355 g/mol. The number of nitrogens with two attached hydrogens (primary N) is 1. The van der Waals surface area contributed by atoms with E-state index >= 15 is 0 Å². The summed E-state index contributed by atoms with van der Waals surface area (Å²) in [5.74, 6) is -0.0169. The maximum atomic E-state index is 14.4. The molecule has 6 heteroatoms. The second-order valence-corrected chi connectivity index (χ2v) is 7.58. The van der Waals surface area contributed by atoms with Crippen molar-refractivity contribution in [1.29, 1.82) is 0 Å². The Kier molecular flexibility index (Phi) is 5.00. The quantitative estimate of drug-likeness (QED) is 0.810. The summed E-state index contributed by atoms with van der Waals surface area (Å²) in [5.41, 5.74) is 5.85. The van der Waals surface area contributed by atoms with Gasteiger partial charge in [0.05, 0.1) is 6.61 Å². The summed E-state index contributed by atoms with van der Waals surface area (Å²) in [4.78, 5) is 4.63. The van der Waals surface area contributed by atoms with Crippen LogP contribution in [0.4, 0.5) is 4.39 Å². The van der Waals surface area contributed by atoms with Crippen molar-refractivity contribution in [3.8, 4) is 0 Å². The predicted molar refractivity (Wildman–Crippen MR) is 90.1 cm³/mol. The van der Waals surface area contributed by atoms with Crippen molar-refractivity contribution in [2.45, 2.75) is 31.6 Å². The summed E-state index contributed by atoms with van der Waals surface area (Å²) in [6, 6.07) is 4.97. The first-order chi connectivity index (χ1) is 9.53. The maximum absolute atomic E-state index is 14.4. The zero-order valence-electron chi connectivity index (χ0n) is 11.1. The highest BCUT2D eigenvalue weighted by atomic mass is 79.9. The monoisotopic (exact) mass is 374 g/mol. The fourth-order valence-corrected chi connectivity index (χ4v) is 4.67. The highest BCUT2D eigenvalue weighted by Crippen LogP contribution is 2.48. The highest BCUT2D eigenvalue weighted by Gasteiger charge is 2.50. The van der Waals surface area contributed by atoms with Gasteiger partial charge in [0, 0.05) is 27.8 Å². The summed E-state index contributed by atoms with van der Waals surface area (Å²) in [7, 11) is 0. The van der Waals surface area contributed by atoms with Gasteiger partial charge >= 0.3 is 0 Å². The molecule has 21 heavy (non-hydrogen) atoms. The van der Waals surface area contributed by atoms with E-state index in [4.69, 9.17) is 10.5 Å². The van der Waals surface area contributed by atoms with Crippen molar-refractivity contribution < 1.29 is 9.13 Å². The number of rotatable bonds is 1. The second-order valence-electron chi connectivity index (χ2n) is 5.27. The van der Waals surface area contributed by atoms with Crippen molar-refractivity contribution in [3.63, 3.8) is 0 Å². The molecule has 2 heterocycles. The first kappa shape index (κ1) is 16.8. The van der Waals surface area contributed by atoms with Crippen molar-refractivity contribution >= 4 is 32.9 Å². The van der Waals surface area contributed by atoms with Crippen LogP contribution in [0.3, 0.4) is 0 Å². The number of halogens is 2. The normalized spacial score (nSPS) is 31.9. The summed E-state index contributed by atoms with van der Waals surface area (Å²) in [6.45, 7) is 3.21. The van der Waals surface area contributed by atoms with E-state index in [9.17, 15) is 4.39 Å². The van der Waals surface area contributed by atoms with E-state index in [-0.39, 0.29) is 19.2 Å². The smallest absolute Gasteiger partial charge is 0.155 e. The number of hydrogen-bond acceptors (Lipinski definition) is 4. The molecule has 2 aliphatic rings. The Hall–Kier alpha value is -0.590. The van der Waals surface area contributed by atoms with Crippen LogP contribution in [0.5, 0.6) is 0 Å². The number of aliphatic imine (C=N–C) groups is 1. The van der Waals surface area contributed by atoms with E-state index in [0.29, 0.717) is 29.2 Å². The number of thioether (sulfide) groups is 1. The number of ether oxygens (including phenoxy) is 1. The lowest BCUT2D eigenvalue weighted by Crippen LogP contribution is -2.50. The predicted octanol–water partition coefficient (Wildman–Crippen LogP) is 3.91. The van der Waals surface area contributed by atoms with E-state index in [2.05, 4.69) is 27.8 Å². The second kappa shape index (κ2) is 6.26. The minimum absolute atomic E-state index is 0.